The van der Waals surface area contributed by atoms with E-state index in [1.807, 2.05) is 0 Å². The Balaban J connectivity index is 1.68. The van der Waals surface area contributed by atoms with E-state index in [0.29, 0.717) is 11.3 Å². The Kier molecular flexibility index (Phi) is 8.50. The van der Waals surface area contributed by atoms with E-state index in [2.05, 4.69) is 15.8 Å². The van der Waals surface area contributed by atoms with E-state index in [1.165, 1.54) is 12.3 Å². The molecular formula is C23H19Cl3N4O5. The molecule has 1 unspecified atom stereocenters. The predicted molar refractivity (Wildman–Crippen MR) is 134 cm³/mol. The Labute approximate surface area is 215 Å². The minimum atomic E-state index is -0.871. The second-order valence-electron chi connectivity index (χ2n) is 7.65. The first-order chi connectivity index (χ1) is 16.6. The Morgan fingerprint density at radius 3 is 2.43 bits per heavy atom. The zero-order chi connectivity index (χ0) is 25.7. The highest BCUT2D eigenvalue weighted by Crippen LogP contribution is 2.37. The van der Waals surface area contributed by atoms with Crippen LogP contribution in [0.1, 0.15) is 30.0 Å². The van der Waals surface area contributed by atoms with Crippen LogP contribution in [0.2, 0.25) is 15.1 Å². The average molecular weight is 538 g/mol. The van der Waals surface area contributed by atoms with Gasteiger partial charge >= 0.3 is 0 Å². The summed E-state index contributed by atoms with van der Waals surface area (Å²) in [7, 11) is 0. The molecule has 35 heavy (non-hydrogen) atoms. The molecule has 3 rings (SSSR count). The normalized spacial score (nSPS) is 12.1. The van der Waals surface area contributed by atoms with Gasteiger partial charge in [-0.3, -0.25) is 19.7 Å². The summed E-state index contributed by atoms with van der Waals surface area (Å²) in [5, 5.41) is 17.8. The minimum absolute atomic E-state index is 0.0845. The number of nitro groups is 1. The number of carbonyl (C=O) groups is 2. The Hall–Kier alpha value is -3.40. The topological polar surface area (TPSA) is 127 Å². The lowest BCUT2D eigenvalue weighted by molar-refractivity contribution is -0.384. The van der Waals surface area contributed by atoms with Crippen molar-refractivity contribution in [3.63, 3.8) is 0 Å². The van der Waals surface area contributed by atoms with Crippen LogP contribution >= 0.6 is 34.8 Å². The number of carbonyl (C=O) groups excluding carboxylic acids is 2. The molecule has 9 nitrogen and oxygen atoms in total. The van der Waals surface area contributed by atoms with Crippen molar-refractivity contribution in [2.24, 2.45) is 11.0 Å². The van der Waals surface area contributed by atoms with Gasteiger partial charge in [-0.15, -0.1) is 0 Å². The number of nitrogens with one attached hydrogen (secondary N) is 2. The standard InChI is InChI=1S/C23H19Cl3N4O5/c1-12(2)21(28-22(31)14-5-3-4-6-16(14)24)23(32)29-27-11-13-7-8-20(35-13)15-9-18(26)19(30(33)34)10-17(15)25/h3-12,21H,1-2H3,(H,28,31)(H,29,32)/b27-11-. The van der Waals surface area contributed by atoms with Crippen LogP contribution in [0, 0.1) is 16.0 Å². The molecule has 0 radical (unpaired) electrons. The Morgan fingerprint density at radius 2 is 1.77 bits per heavy atom. The number of hydrogen-bond donors (Lipinski definition) is 2. The molecule has 0 aliphatic carbocycles. The van der Waals surface area contributed by atoms with Crippen molar-refractivity contribution in [3.05, 3.63) is 85.0 Å². The molecule has 0 saturated carbocycles. The van der Waals surface area contributed by atoms with Gasteiger partial charge in [-0.05, 0) is 36.2 Å². The minimum Gasteiger partial charge on any atom is -0.455 e. The quantitative estimate of drug-likeness (QED) is 0.216. The van der Waals surface area contributed by atoms with Gasteiger partial charge in [0.1, 0.15) is 22.6 Å². The Bertz CT molecular complexity index is 1310. The lowest BCUT2D eigenvalue weighted by Gasteiger charge is -2.20. The highest BCUT2D eigenvalue weighted by molar-refractivity contribution is 6.36. The number of nitro benzene ring substituents is 1. The molecule has 0 aliphatic rings. The van der Waals surface area contributed by atoms with Crippen LogP contribution in [0.3, 0.4) is 0 Å². The molecule has 1 aromatic heterocycles. The van der Waals surface area contributed by atoms with Crippen molar-refractivity contribution in [2.75, 3.05) is 0 Å². The molecule has 2 N–H and O–H groups in total. The third-order valence-electron chi connectivity index (χ3n) is 4.85. The molecule has 2 aromatic carbocycles. The Morgan fingerprint density at radius 1 is 1.06 bits per heavy atom. The molecule has 12 heteroatoms. The molecule has 3 aromatic rings. The summed E-state index contributed by atoms with van der Waals surface area (Å²) >= 11 is 18.2. The van der Waals surface area contributed by atoms with Crippen molar-refractivity contribution in [1.82, 2.24) is 10.7 Å². The fourth-order valence-corrected chi connectivity index (χ4v) is 3.77. The first-order valence-corrected chi connectivity index (χ1v) is 11.3. The molecular weight excluding hydrogens is 519 g/mol. The summed E-state index contributed by atoms with van der Waals surface area (Å²) < 4.78 is 5.63. The van der Waals surface area contributed by atoms with Gasteiger partial charge in [0.25, 0.3) is 17.5 Å². The molecule has 0 fully saturated rings. The summed E-state index contributed by atoms with van der Waals surface area (Å²) in [6, 6.07) is 11.3. The number of furan rings is 1. The first-order valence-electron chi connectivity index (χ1n) is 10.2. The number of amides is 2. The second-order valence-corrected chi connectivity index (χ2v) is 8.87. The van der Waals surface area contributed by atoms with Gasteiger partial charge < -0.3 is 9.73 Å². The maximum atomic E-state index is 12.6. The van der Waals surface area contributed by atoms with Crippen molar-refractivity contribution in [1.29, 1.82) is 0 Å². The first kappa shape index (κ1) is 26.2. The van der Waals surface area contributed by atoms with Gasteiger partial charge in [0, 0.05) is 11.6 Å². The summed E-state index contributed by atoms with van der Waals surface area (Å²) in [6.07, 6.45) is 1.26. The highest BCUT2D eigenvalue weighted by Gasteiger charge is 2.25. The van der Waals surface area contributed by atoms with Gasteiger partial charge in [-0.2, -0.15) is 5.10 Å². The van der Waals surface area contributed by atoms with Crippen molar-refractivity contribution in [3.8, 4) is 11.3 Å². The second kappa shape index (κ2) is 11.4. The van der Waals surface area contributed by atoms with Crippen LogP contribution in [0.5, 0.6) is 0 Å². The maximum absolute atomic E-state index is 12.6. The SMILES string of the molecule is CC(C)C(NC(=O)c1ccccc1Cl)C(=O)N/N=C\c1ccc(-c2cc(Cl)c([N+](=O)[O-])cc2Cl)o1. The van der Waals surface area contributed by atoms with Crippen molar-refractivity contribution in [2.45, 2.75) is 19.9 Å². The smallest absolute Gasteiger partial charge is 0.289 e. The van der Waals surface area contributed by atoms with Crippen LogP contribution in [-0.2, 0) is 4.79 Å². The van der Waals surface area contributed by atoms with E-state index in [0.717, 1.165) is 6.07 Å². The predicted octanol–water partition coefficient (Wildman–Crippen LogP) is 5.72. The van der Waals surface area contributed by atoms with Crippen molar-refractivity contribution >= 4 is 58.5 Å². The number of benzene rings is 2. The monoisotopic (exact) mass is 536 g/mol. The van der Waals surface area contributed by atoms with Crippen LogP contribution in [0.15, 0.2) is 58.0 Å². The fourth-order valence-electron chi connectivity index (χ4n) is 3.06. The maximum Gasteiger partial charge on any atom is 0.289 e. The summed E-state index contributed by atoms with van der Waals surface area (Å²) in [4.78, 5) is 35.5. The van der Waals surface area contributed by atoms with E-state index in [4.69, 9.17) is 39.2 Å². The largest absolute Gasteiger partial charge is 0.455 e. The van der Waals surface area contributed by atoms with Gasteiger partial charge in [0.2, 0.25) is 0 Å². The third kappa shape index (κ3) is 6.39. The lowest BCUT2D eigenvalue weighted by atomic mass is 10.0. The van der Waals surface area contributed by atoms with E-state index in [-0.39, 0.29) is 38.0 Å². The number of hydrogen-bond acceptors (Lipinski definition) is 6. The molecule has 1 heterocycles. The van der Waals surface area contributed by atoms with Gasteiger partial charge in [-0.1, -0.05) is 60.8 Å². The van der Waals surface area contributed by atoms with E-state index in [1.54, 1.807) is 50.2 Å². The van der Waals surface area contributed by atoms with Crippen LogP contribution < -0.4 is 10.7 Å². The zero-order valence-corrected chi connectivity index (χ0v) is 20.7. The molecule has 2 amide bonds. The van der Waals surface area contributed by atoms with Crippen LogP contribution in [0.4, 0.5) is 5.69 Å². The van der Waals surface area contributed by atoms with Gasteiger partial charge in [0.15, 0.2) is 0 Å². The zero-order valence-electron chi connectivity index (χ0n) is 18.4. The van der Waals surface area contributed by atoms with Crippen LogP contribution in [0.25, 0.3) is 11.3 Å². The molecule has 0 saturated heterocycles. The molecule has 1 atom stereocenters. The lowest BCUT2D eigenvalue weighted by Crippen LogP contribution is -2.48. The molecule has 0 bridgehead atoms. The van der Waals surface area contributed by atoms with Crippen LogP contribution in [-0.4, -0.2) is 29.0 Å². The van der Waals surface area contributed by atoms with E-state index < -0.39 is 22.8 Å². The van der Waals surface area contributed by atoms with Gasteiger partial charge in [0.05, 0.1) is 26.7 Å². The summed E-state index contributed by atoms with van der Waals surface area (Å²) in [6.45, 7) is 3.55. The average Bonchev–Trinajstić information content (AvgIpc) is 3.27. The highest BCUT2D eigenvalue weighted by atomic mass is 35.5. The summed E-state index contributed by atoms with van der Waals surface area (Å²) in [5.74, 6) is -0.684. The molecule has 0 aliphatic heterocycles. The fraction of sp³-hybridized carbons (Fsp3) is 0.174. The number of nitrogens with zero attached hydrogens (tertiary/aromatic N) is 2. The number of rotatable bonds is 8. The molecule has 0 spiro atoms. The third-order valence-corrected chi connectivity index (χ3v) is 5.79. The number of hydrazone groups is 1. The van der Waals surface area contributed by atoms with E-state index in [9.17, 15) is 19.7 Å². The van der Waals surface area contributed by atoms with Crippen molar-refractivity contribution < 1.29 is 18.9 Å². The van der Waals surface area contributed by atoms with Gasteiger partial charge in [-0.25, -0.2) is 5.43 Å². The number of halogens is 3. The van der Waals surface area contributed by atoms with E-state index >= 15 is 0 Å². The molecule has 182 valence electrons. The summed E-state index contributed by atoms with van der Waals surface area (Å²) in [5.41, 5.74) is 2.66.